The molecule has 0 heterocycles. The summed E-state index contributed by atoms with van der Waals surface area (Å²) in [6, 6.07) is 18.7. The summed E-state index contributed by atoms with van der Waals surface area (Å²) in [5.41, 5.74) is 8.23. The minimum atomic E-state index is 0.164. The van der Waals surface area contributed by atoms with Gasteiger partial charge in [-0.15, -0.1) is 0 Å². The Morgan fingerprint density at radius 2 is 1.74 bits per heavy atom. The number of nitrogens with one attached hydrogen (secondary N) is 1. The number of hydrogen-bond acceptors (Lipinski definition) is 3. The molecular formula is C22H32N4O. The normalized spacial score (nSPS) is 13.0. The van der Waals surface area contributed by atoms with E-state index >= 15 is 0 Å². The Bertz CT molecular complexity index is 698. The molecule has 2 aromatic carbocycles. The van der Waals surface area contributed by atoms with Crippen molar-refractivity contribution in [2.24, 2.45) is 10.7 Å². The van der Waals surface area contributed by atoms with Gasteiger partial charge in [-0.05, 0) is 64.1 Å². The van der Waals surface area contributed by atoms with Crippen LogP contribution in [0.2, 0.25) is 0 Å². The molecule has 5 heteroatoms. The second kappa shape index (κ2) is 10.6. The average molecular weight is 369 g/mol. The first kappa shape index (κ1) is 20.8. The summed E-state index contributed by atoms with van der Waals surface area (Å²) >= 11 is 0. The smallest absolute Gasteiger partial charge is 0.193 e. The lowest BCUT2D eigenvalue weighted by Gasteiger charge is -2.24. The van der Waals surface area contributed by atoms with Crippen molar-refractivity contribution in [3.63, 3.8) is 0 Å². The summed E-state index contributed by atoms with van der Waals surface area (Å²) in [4.78, 5) is 6.78. The molecule has 0 aliphatic heterocycles. The van der Waals surface area contributed by atoms with Crippen LogP contribution in [0.25, 0.3) is 0 Å². The van der Waals surface area contributed by atoms with Crippen molar-refractivity contribution in [2.75, 3.05) is 18.9 Å². The summed E-state index contributed by atoms with van der Waals surface area (Å²) in [5.74, 6) is 1.28. The molecule has 2 rings (SSSR count). The van der Waals surface area contributed by atoms with Gasteiger partial charge in [0.2, 0.25) is 0 Å². The molecule has 0 fully saturated rings. The summed E-state index contributed by atoms with van der Waals surface area (Å²) < 4.78 is 5.64. The Morgan fingerprint density at radius 1 is 1.07 bits per heavy atom. The average Bonchev–Trinajstić information content (AvgIpc) is 2.63. The highest BCUT2D eigenvalue weighted by molar-refractivity contribution is 5.92. The van der Waals surface area contributed by atoms with Gasteiger partial charge < -0.3 is 15.8 Å². The van der Waals surface area contributed by atoms with E-state index in [0.29, 0.717) is 18.5 Å². The Morgan fingerprint density at radius 3 is 2.37 bits per heavy atom. The highest BCUT2D eigenvalue weighted by Gasteiger charge is 2.09. The van der Waals surface area contributed by atoms with E-state index in [2.05, 4.69) is 53.4 Å². The number of nitrogens with zero attached hydrogens (tertiary/aromatic N) is 2. The van der Waals surface area contributed by atoms with Gasteiger partial charge >= 0.3 is 0 Å². The van der Waals surface area contributed by atoms with E-state index in [0.717, 1.165) is 24.4 Å². The number of anilines is 1. The van der Waals surface area contributed by atoms with Crippen molar-refractivity contribution in [3.8, 4) is 5.75 Å². The maximum absolute atomic E-state index is 6.00. The second-order valence-corrected chi connectivity index (χ2v) is 7.12. The number of rotatable bonds is 9. The Hall–Kier alpha value is -2.53. The van der Waals surface area contributed by atoms with Gasteiger partial charge in [-0.3, -0.25) is 9.89 Å². The van der Waals surface area contributed by atoms with Gasteiger partial charge in [-0.25, -0.2) is 0 Å². The van der Waals surface area contributed by atoms with Crippen LogP contribution in [-0.4, -0.2) is 36.6 Å². The fourth-order valence-electron chi connectivity index (χ4n) is 2.70. The summed E-state index contributed by atoms with van der Waals surface area (Å²) in [5, 5.41) is 3.12. The Labute approximate surface area is 163 Å². The predicted molar refractivity (Wildman–Crippen MR) is 114 cm³/mol. The maximum atomic E-state index is 6.00. The van der Waals surface area contributed by atoms with Gasteiger partial charge in [0.25, 0.3) is 0 Å². The van der Waals surface area contributed by atoms with Crippen LogP contribution in [0.15, 0.2) is 59.6 Å². The van der Waals surface area contributed by atoms with Crippen molar-refractivity contribution in [2.45, 2.75) is 45.9 Å². The molecule has 0 spiro atoms. The fraction of sp³-hybridized carbons (Fsp3) is 0.409. The third-order valence-corrected chi connectivity index (χ3v) is 4.35. The molecule has 0 aliphatic carbocycles. The molecule has 27 heavy (non-hydrogen) atoms. The van der Waals surface area contributed by atoms with Crippen LogP contribution in [0.1, 0.15) is 32.8 Å². The molecule has 0 aliphatic rings. The summed E-state index contributed by atoms with van der Waals surface area (Å²) in [6.07, 6.45) is 1.12. The first-order valence-electron chi connectivity index (χ1n) is 9.52. The zero-order chi connectivity index (χ0) is 19.6. The quantitative estimate of drug-likeness (QED) is 0.516. The van der Waals surface area contributed by atoms with Crippen LogP contribution in [0, 0.1) is 0 Å². The second-order valence-electron chi connectivity index (χ2n) is 7.12. The fourth-order valence-corrected chi connectivity index (χ4v) is 2.70. The van der Waals surface area contributed by atoms with Gasteiger partial charge in [-0.1, -0.05) is 30.3 Å². The molecule has 0 saturated carbocycles. The minimum Gasteiger partial charge on any atom is -0.491 e. The van der Waals surface area contributed by atoms with E-state index in [4.69, 9.17) is 10.5 Å². The van der Waals surface area contributed by atoms with Crippen molar-refractivity contribution in [3.05, 3.63) is 60.2 Å². The number of aliphatic imine (C=N–C) groups is 1. The molecule has 0 saturated heterocycles. The lowest BCUT2D eigenvalue weighted by molar-refractivity contribution is 0.240. The van der Waals surface area contributed by atoms with Gasteiger partial charge in [-0.2, -0.15) is 0 Å². The van der Waals surface area contributed by atoms with Crippen LogP contribution in [0.3, 0.4) is 0 Å². The van der Waals surface area contributed by atoms with Crippen LogP contribution in [0.4, 0.5) is 5.69 Å². The molecule has 2 aromatic rings. The Balaban J connectivity index is 1.76. The SMILES string of the molecule is CC(C)Oc1ccc(NC(N)=NCCC(C)N(C)Cc2ccccc2)cc1. The Kier molecular flexibility index (Phi) is 8.14. The van der Waals surface area contributed by atoms with E-state index < -0.39 is 0 Å². The maximum Gasteiger partial charge on any atom is 0.193 e. The number of ether oxygens (including phenoxy) is 1. The first-order valence-corrected chi connectivity index (χ1v) is 9.52. The van der Waals surface area contributed by atoms with Crippen molar-refractivity contribution < 1.29 is 4.74 Å². The lowest BCUT2D eigenvalue weighted by atomic mass is 10.1. The van der Waals surface area contributed by atoms with Crippen LogP contribution in [-0.2, 0) is 6.54 Å². The highest BCUT2D eigenvalue weighted by atomic mass is 16.5. The molecule has 1 atom stereocenters. The summed E-state index contributed by atoms with van der Waals surface area (Å²) in [6.45, 7) is 7.86. The van der Waals surface area contributed by atoms with E-state index in [1.807, 2.05) is 44.2 Å². The van der Waals surface area contributed by atoms with E-state index in [9.17, 15) is 0 Å². The molecule has 0 aromatic heterocycles. The third kappa shape index (κ3) is 7.71. The summed E-state index contributed by atoms with van der Waals surface area (Å²) in [7, 11) is 2.14. The van der Waals surface area contributed by atoms with Crippen LogP contribution >= 0.6 is 0 Å². The van der Waals surface area contributed by atoms with E-state index in [-0.39, 0.29) is 6.10 Å². The highest BCUT2D eigenvalue weighted by Crippen LogP contribution is 2.16. The van der Waals surface area contributed by atoms with E-state index in [1.54, 1.807) is 0 Å². The monoisotopic (exact) mass is 368 g/mol. The van der Waals surface area contributed by atoms with Gasteiger partial charge in [0, 0.05) is 24.8 Å². The zero-order valence-electron chi connectivity index (χ0n) is 16.9. The van der Waals surface area contributed by atoms with Crippen LogP contribution < -0.4 is 15.8 Å². The van der Waals surface area contributed by atoms with Crippen molar-refractivity contribution in [1.82, 2.24) is 4.90 Å². The predicted octanol–water partition coefficient (Wildman–Crippen LogP) is 4.11. The number of hydrogen-bond donors (Lipinski definition) is 2. The topological polar surface area (TPSA) is 62.9 Å². The molecular weight excluding hydrogens is 336 g/mol. The largest absolute Gasteiger partial charge is 0.491 e. The first-order chi connectivity index (χ1) is 12.9. The number of nitrogens with two attached hydrogens (primary N) is 1. The molecule has 0 radical (unpaired) electrons. The molecule has 5 nitrogen and oxygen atoms in total. The van der Waals surface area contributed by atoms with Crippen LogP contribution in [0.5, 0.6) is 5.75 Å². The standard InChI is InChI=1S/C22H32N4O/c1-17(2)27-21-12-10-20(11-13-21)25-22(23)24-15-14-18(3)26(4)16-19-8-6-5-7-9-19/h5-13,17-18H,14-16H2,1-4H3,(H3,23,24,25). The number of guanidine groups is 1. The third-order valence-electron chi connectivity index (χ3n) is 4.35. The van der Waals surface area contributed by atoms with Crippen molar-refractivity contribution >= 4 is 11.6 Å². The zero-order valence-corrected chi connectivity index (χ0v) is 16.9. The lowest BCUT2D eigenvalue weighted by Crippen LogP contribution is -2.30. The van der Waals surface area contributed by atoms with Gasteiger partial charge in [0.05, 0.1) is 6.10 Å². The molecule has 1 unspecified atom stereocenters. The van der Waals surface area contributed by atoms with E-state index in [1.165, 1.54) is 5.56 Å². The van der Waals surface area contributed by atoms with Gasteiger partial charge in [0.1, 0.15) is 5.75 Å². The van der Waals surface area contributed by atoms with Gasteiger partial charge in [0.15, 0.2) is 5.96 Å². The van der Waals surface area contributed by atoms with Crippen molar-refractivity contribution in [1.29, 1.82) is 0 Å². The minimum absolute atomic E-state index is 0.164. The molecule has 0 amide bonds. The molecule has 0 bridgehead atoms. The molecule has 146 valence electrons. The molecule has 3 N–H and O–H groups in total. The number of benzene rings is 2.